The first-order valence-electron chi connectivity index (χ1n) is 8.29. The molecule has 2 amide bonds. The van der Waals surface area contributed by atoms with Crippen LogP contribution in [0.2, 0.25) is 0 Å². The Bertz CT molecular complexity index is 516. The molecular weight excluding hydrogens is 292 g/mol. The number of carbonyl (C=O) groups is 2. The number of para-hydroxylation sites is 1. The van der Waals surface area contributed by atoms with E-state index in [0.29, 0.717) is 24.8 Å². The predicted octanol–water partition coefficient (Wildman–Crippen LogP) is 2.08. The molecule has 0 aliphatic carbocycles. The minimum atomic E-state index is -0.00408. The van der Waals surface area contributed by atoms with E-state index in [1.807, 2.05) is 49.1 Å². The first kappa shape index (κ1) is 17.3. The van der Waals surface area contributed by atoms with Crippen LogP contribution >= 0.6 is 0 Å². The van der Waals surface area contributed by atoms with Crippen molar-refractivity contribution in [3.63, 3.8) is 0 Å². The van der Waals surface area contributed by atoms with Gasteiger partial charge in [-0.2, -0.15) is 0 Å². The summed E-state index contributed by atoms with van der Waals surface area (Å²) in [7, 11) is 0. The lowest BCUT2D eigenvalue weighted by atomic mass is 9.97. The van der Waals surface area contributed by atoms with Crippen LogP contribution in [0.5, 0.6) is 5.75 Å². The lowest BCUT2D eigenvalue weighted by Crippen LogP contribution is -2.45. The van der Waals surface area contributed by atoms with Crippen LogP contribution in [0.25, 0.3) is 0 Å². The fraction of sp³-hybridized carbons (Fsp3) is 0.556. The summed E-state index contributed by atoms with van der Waals surface area (Å²) in [5.41, 5.74) is 0. The zero-order chi connectivity index (χ0) is 16.7. The van der Waals surface area contributed by atoms with Crippen molar-refractivity contribution in [1.82, 2.24) is 10.2 Å². The fourth-order valence-electron chi connectivity index (χ4n) is 2.66. The van der Waals surface area contributed by atoms with E-state index in [2.05, 4.69) is 5.32 Å². The molecule has 0 saturated carbocycles. The van der Waals surface area contributed by atoms with Gasteiger partial charge in [0.05, 0.1) is 0 Å². The molecule has 1 aromatic rings. The van der Waals surface area contributed by atoms with Crippen molar-refractivity contribution in [2.45, 2.75) is 26.7 Å². The van der Waals surface area contributed by atoms with Gasteiger partial charge in [0.15, 0.2) is 6.61 Å². The van der Waals surface area contributed by atoms with Gasteiger partial charge in [0.1, 0.15) is 5.75 Å². The average molecular weight is 318 g/mol. The van der Waals surface area contributed by atoms with Crippen molar-refractivity contribution < 1.29 is 14.3 Å². The molecule has 1 fully saturated rings. The Labute approximate surface area is 138 Å². The Morgan fingerprint density at radius 2 is 2.04 bits per heavy atom. The Morgan fingerprint density at radius 3 is 2.74 bits per heavy atom. The number of hydrogen-bond donors (Lipinski definition) is 1. The van der Waals surface area contributed by atoms with E-state index < -0.39 is 0 Å². The van der Waals surface area contributed by atoms with Crippen LogP contribution in [0.3, 0.4) is 0 Å². The van der Waals surface area contributed by atoms with Crippen molar-refractivity contribution in [1.29, 1.82) is 0 Å². The Morgan fingerprint density at radius 1 is 1.30 bits per heavy atom. The molecule has 2 rings (SSSR count). The van der Waals surface area contributed by atoms with Gasteiger partial charge in [-0.3, -0.25) is 9.59 Å². The monoisotopic (exact) mass is 318 g/mol. The molecule has 0 spiro atoms. The van der Waals surface area contributed by atoms with Gasteiger partial charge in [-0.05, 0) is 30.9 Å². The second-order valence-corrected chi connectivity index (χ2v) is 6.35. The Kier molecular flexibility index (Phi) is 6.44. The highest BCUT2D eigenvalue weighted by Crippen LogP contribution is 2.16. The van der Waals surface area contributed by atoms with Crippen molar-refractivity contribution in [2.24, 2.45) is 11.8 Å². The molecular formula is C18H26N2O3. The molecule has 0 unspecified atom stereocenters. The molecule has 0 bridgehead atoms. The number of carbonyl (C=O) groups excluding carboxylic acids is 2. The van der Waals surface area contributed by atoms with Crippen LogP contribution in [-0.2, 0) is 9.59 Å². The van der Waals surface area contributed by atoms with Gasteiger partial charge in [0.25, 0.3) is 5.91 Å². The molecule has 1 aliphatic rings. The smallest absolute Gasteiger partial charge is 0.260 e. The lowest BCUT2D eigenvalue weighted by molar-refractivity contribution is -0.135. The Balaban J connectivity index is 1.76. The maximum atomic E-state index is 12.3. The van der Waals surface area contributed by atoms with Crippen LogP contribution in [0.15, 0.2) is 30.3 Å². The number of benzene rings is 1. The minimum absolute atomic E-state index is 0.00408. The third-order valence-corrected chi connectivity index (χ3v) is 4.07. The summed E-state index contributed by atoms with van der Waals surface area (Å²) in [6.45, 7) is 5.93. The van der Waals surface area contributed by atoms with Crippen LogP contribution in [-0.4, -0.2) is 43.0 Å². The lowest BCUT2D eigenvalue weighted by Gasteiger charge is -2.33. The number of nitrogens with one attached hydrogen (secondary N) is 1. The Hall–Kier alpha value is -2.04. The van der Waals surface area contributed by atoms with Gasteiger partial charge in [0.2, 0.25) is 5.91 Å². The summed E-state index contributed by atoms with van der Waals surface area (Å²) < 4.78 is 5.52. The summed E-state index contributed by atoms with van der Waals surface area (Å²) in [6, 6.07) is 9.36. The second-order valence-electron chi connectivity index (χ2n) is 6.35. The average Bonchev–Trinajstić information content (AvgIpc) is 2.58. The van der Waals surface area contributed by atoms with Crippen molar-refractivity contribution in [3.8, 4) is 5.75 Å². The molecule has 5 nitrogen and oxygen atoms in total. The number of hydrogen-bond acceptors (Lipinski definition) is 3. The predicted molar refractivity (Wildman–Crippen MR) is 89.1 cm³/mol. The molecule has 1 N–H and O–H groups in total. The third kappa shape index (κ3) is 5.58. The normalized spacial score (nSPS) is 17.9. The van der Waals surface area contributed by atoms with Gasteiger partial charge in [-0.15, -0.1) is 0 Å². The maximum absolute atomic E-state index is 12.3. The number of amides is 2. The first-order valence-corrected chi connectivity index (χ1v) is 8.29. The molecule has 1 heterocycles. The summed E-state index contributed by atoms with van der Waals surface area (Å²) in [4.78, 5) is 25.8. The topological polar surface area (TPSA) is 58.6 Å². The highest BCUT2D eigenvalue weighted by molar-refractivity contribution is 5.78. The van der Waals surface area contributed by atoms with Crippen LogP contribution in [0.1, 0.15) is 26.7 Å². The number of rotatable bonds is 6. The largest absolute Gasteiger partial charge is 0.484 e. The molecule has 1 saturated heterocycles. The van der Waals surface area contributed by atoms with Gasteiger partial charge in [0, 0.05) is 25.6 Å². The van der Waals surface area contributed by atoms with E-state index in [1.165, 1.54) is 0 Å². The molecule has 23 heavy (non-hydrogen) atoms. The highest BCUT2D eigenvalue weighted by atomic mass is 16.5. The maximum Gasteiger partial charge on any atom is 0.260 e. The van der Waals surface area contributed by atoms with E-state index in [9.17, 15) is 9.59 Å². The molecule has 0 aromatic heterocycles. The van der Waals surface area contributed by atoms with Crippen molar-refractivity contribution in [2.75, 3.05) is 26.2 Å². The molecule has 1 atom stereocenters. The summed E-state index contributed by atoms with van der Waals surface area (Å²) in [5, 5.41) is 2.96. The summed E-state index contributed by atoms with van der Waals surface area (Å²) >= 11 is 0. The first-order chi connectivity index (χ1) is 11.1. The number of nitrogens with zero attached hydrogens (tertiary/aromatic N) is 1. The van der Waals surface area contributed by atoms with E-state index in [-0.39, 0.29) is 24.3 Å². The van der Waals surface area contributed by atoms with Crippen molar-refractivity contribution in [3.05, 3.63) is 30.3 Å². The van der Waals surface area contributed by atoms with E-state index in [4.69, 9.17) is 4.74 Å². The summed E-state index contributed by atoms with van der Waals surface area (Å²) in [6.07, 6.45) is 2.01. The minimum Gasteiger partial charge on any atom is -0.484 e. The molecule has 5 heteroatoms. The van der Waals surface area contributed by atoms with E-state index >= 15 is 0 Å². The van der Waals surface area contributed by atoms with E-state index in [0.717, 1.165) is 19.4 Å². The zero-order valence-corrected chi connectivity index (χ0v) is 14.0. The number of piperidine rings is 1. The van der Waals surface area contributed by atoms with Crippen molar-refractivity contribution >= 4 is 11.8 Å². The zero-order valence-electron chi connectivity index (χ0n) is 14.0. The second kappa shape index (κ2) is 8.56. The van der Waals surface area contributed by atoms with Gasteiger partial charge >= 0.3 is 0 Å². The van der Waals surface area contributed by atoms with Gasteiger partial charge in [-0.25, -0.2) is 0 Å². The molecule has 1 aliphatic heterocycles. The fourth-order valence-corrected chi connectivity index (χ4v) is 2.66. The molecule has 1 aromatic carbocycles. The quantitative estimate of drug-likeness (QED) is 0.873. The number of ether oxygens (including phenoxy) is 1. The number of likely N-dealkylation sites (tertiary alicyclic amines) is 1. The van der Waals surface area contributed by atoms with Crippen LogP contribution in [0.4, 0.5) is 0 Å². The van der Waals surface area contributed by atoms with Crippen LogP contribution in [0, 0.1) is 11.8 Å². The van der Waals surface area contributed by atoms with E-state index in [1.54, 1.807) is 0 Å². The summed E-state index contributed by atoms with van der Waals surface area (Å²) in [5.74, 6) is 1.11. The molecule has 0 radical (unpaired) electrons. The third-order valence-electron chi connectivity index (χ3n) is 4.07. The highest BCUT2D eigenvalue weighted by Gasteiger charge is 2.24. The molecule has 126 valence electrons. The SMILES string of the molecule is CC(C)C(=O)NC[C@@H]1CCCN(C(=O)COc2ccccc2)C1. The van der Waals surface area contributed by atoms with Gasteiger partial charge in [-0.1, -0.05) is 32.0 Å². The van der Waals surface area contributed by atoms with Crippen LogP contribution < -0.4 is 10.1 Å². The van der Waals surface area contributed by atoms with Gasteiger partial charge < -0.3 is 15.0 Å². The standard InChI is InChI=1S/C18H26N2O3/c1-14(2)18(22)19-11-15-7-6-10-20(12-15)17(21)13-23-16-8-4-3-5-9-16/h3-5,8-9,14-15H,6-7,10-13H2,1-2H3,(H,19,22)/t15-/m0/s1.